The SMILES string of the molecule is CN(Cc1cc([N+](=O)[O-])ccc1Cl)C1CCN(C2CC2)C1=O. The minimum absolute atomic E-state index is 0.0187. The van der Waals surface area contributed by atoms with Gasteiger partial charge in [-0.05, 0) is 37.9 Å². The molecule has 22 heavy (non-hydrogen) atoms. The second-order valence-corrected chi connectivity index (χ2v) is 6.42. The Labute approximate surface area is 133 Å². The molecule has 6 nitrogen and oxygen atoms in total. The Bertz CT molecular complexity index is 618. The van der Waals surface area contributed by atoms with Crippen molar-refractivity contribution in [1.82, 2.24) is 9.80 Å². The number of nitro benzene ring substituents is 1. The van der Waals surface area contributed by atoms with Crippen LogP contribution in [0.2, 0.25) is 5.02 Å². The minimum Gasteiger partial charge on any atom is -0.338 e. The molecule has 1 aromatic rings. The van der Waals surface area contributed by atoms with Crippen molar-refractivity contribution in [2.45, 2.75) is 37.9 Å². The van der Waals surface area contributed by atoms with Crippen LogP contribution in [-0.2, 0) is 11.3 Å². The summed E-state index contributed by atoms with van der Waals surface area (Å²) < 4.78 is 0. The number of likely N-dealkylation sites (N-methyl/N-ethyl adjacent to an activating group) is 1. The van der Waals surface area contributed by atoms with Crippen molar-refractivity contribution in [2.24, 2.45) is 0 Å². The Morgan fingerprint density at radius 1 is 1.41 bits per heavy atom. The maximum absolute atomic E-state index is 12.4. The third-order valence-electron chi connectivity index (χ3n) is 4.39. The highest BCUT2D eigenvalue weighted by Gasteiger charge is 2.41. The molecular formula is C15H18ClN3O3. The second-order valence-electron chi connectivity index (χ2n) is 6.02. The summed E-state index contributed by atoms with van der Waals surface area (Å²) in [4.78, 5) is 26.8. The Morgan fingerprint density at radius 3 is 2.77 bits per heavy atom. The number of carbonyl (C=O) groups is 1. The molecule has 1 saturated carbocycles. The molecule has 0 bridgehead atoms. The number of hydrogen-bond acceptors (Lipinski definition) is 4. The highest BCUT2D eigenvalue weighted by atomic mass is 35.5. The molecule has 0 aromatic heterocycles. The van der Waals surface area contributed by atoms with E-state index in [1.54, 1.807) is 0 Å². The lowest BCUT2D eigenvalue weighted by Crippen LogP contribution is -2.40. The van der Waals surface area contributed by atoms with Crippen molar-refractivity contribution >= 4 is 23.2 Å². The number of likely N-dealkylation sites (tertiary alicyclic amines) is 1. The van der Waals surface area contributed by atoms with Crippen molar-refractivity contribution in [2.75, 3.05) is 13.6 Å². The molecule has 1 saturated heterocycles. The number of rotatable bonds is 5. The molecule has 1 aromatic carbocycles. The van der Waals surface area contributed by atoms with Crippen molar-refractivity contribution in [3.05, 3.63) is 38.9 Å². The predicted molar refractivity (Wildman–Crippen MR) is 82.7 cm³/mol. The van der Waals surface area contributed by atoms with Gasteiger partial charge in [-0.25, -0.2) is 0 Å². The van der Waals surface area contributed by atoms with E-state index >= 15 is 0 Å². The summed E-state index contributed by atoms with van der Waals surface area (Å²) in [7, 11) is 1.87. The Kier molecular flexibility index (Phi) is 4.06. The van der Waals surface area contributed by atoms with E-state index in [4.69, 9.17) is 11.6 Å². The molecule has 1 aliphatic heterocycles. The molecule has 1 aliphatic carbocycles. The van der Waals surface area contributed by atoms with E-state index in [1.165, 1.54) is 18.2 Å². The smallest absolute Gasteiger partial charge is 0.269 e. The van der Waals surface area contributed by atoms with E-state index in [1.807, 2.05) is 16.8 Å². The number of benzene rings is 1. The molecule has 1 heterocycles. The molecule has 3 rings (SSSR count). The largest absolute Gasteiger partial charge is 0.338 e. The average molecular weight is 324 g/mol. The molecule has 1 unspecified atom stereocenters. The number of non-ortho nitro benzene ring substituents is 1. The molecule has 0 radical (unpaired) electrons. The highest BCUT2D eigenvalue weighted by Crippen LogP contribution is 2.32. The van der Waals surface area contributed by atoms with Crippen LogP contribution < -0.4 is 0 Å². The van der Waals surface area contributed by atoms with E-state index in [0.29, 0.717) is 23.2 Å². The van der Waals surface area contributed by atoms with Gasteiger partial charge in [0.2, 0.25) is 5.91 Å². The zero-order valence-electron chi connectivity index (χ0n) is 12.4. The topological polar surface area (TPSA) is 66.7 Å². The fourth-order valence-corrected chi connectivity index (χ4v) is 3.20. The third kappa shape index (κ3) is 2.94. The first-order chi connectivity index (χ1) is 10.5. The Hall–Kier alpha value is -1.66. The van der Waals surface area contributed by atoms with Crippen LogP contribution in [0.5, 0.6) is 0 Å². The summed E-state index contributed by atoms with van der Waals surface area (Å²) in [5.74, 6) is 0.173. The van der Waals surface area contributed by atoms with Crippen LogP contribution in [0.1, 0.15) is 24.8 Å². The van der Waals surface area contributed by atoms with E-state index in [-0.39, 0.29) is 17.6 Å². The summed E-state index contributed by atoms with van der Waals surface area (Å²) in [6.45, 7) is 1.23. The second kappa shape index (κ2) is 5.85. The predicted octanol–water partition coefficient (Wildman–Crippen LogP) is 2.44. The van der Waals surface area contributed by atoms with E-state index in [0.717, 1.165) is 25.8 Å². The summed E-state index contributed by atoms with van der Waals surface area (Å²) in [5, 5.41) is 11.4. The highest BCUT2D eigenvalue weighted by molar-refractivity contribution is 6.31. The average Bonchev–Trinajstić information content (AvgIpc) is 3.24. The van der Waals surface area contributed by atoms with Crippen LogP contribution in [0.3, 0.4) is 0 Å². The third-order valence-corrected chi connectivity index (χ3v) is 4.76. The van der Waals surface area contributed by atoms with Gasteiger partial charge in [-0.15, -0.1) is 0 Å². The molecule has 118 valence electrons. The van der Waals surface area contributed by atoms with Crippen LogP contribution in [0.25, 0.3) is 0 Å². The molecule has 7 heteroatoms. The number of halogens is 1. The zero-order valence-corrected chi connectivity index (χ0v) is 13.1. The summed E-state index contributed by atoms with van der Waals surface area (Å²) in [6.07, 6.45) is 3.02. The van der Waals surface area contributed by atoms with Gasteiger partial charge in [-0.1, -0.05) is 11.6 Å². The molecule has 0 spiro atoms. The number of carbonyl (C=O) groups excluding carboxylic acids is 1. The monoisotopic (exact) mass is 323 g/mol. The minimum atomic E-state index is -0.435. The van der Waals surface area contributed by atoms with Crippen LogP contribution in [0.4, 0.5) is 5.69 Å². The lowest BCUT2D eigenvalue weighted by Gasteiger charge is -2.24. The molecule has 2 fully saturated rings. The van der Waals surface area contributed by atoms with Crippen molar-refractivity contribution in [1.29, 1.82) is 0 Å². The molecule has 1 atom stereocenters. The van der Waals surface area contributed by atoms with Gasteiger partial charge >= 0.3 is 0 Å². The van der Waals surface area contributed by atoms with Gasteiger partial charge in [0.1, 0.15) is 0 Å². The lowest BCUT2D eigenvalue weighted by molar-refractivity contribution is -0.384. The van der Waals surface area contributed by atoms with Crippen molar-refractivity contribution in [3.63, 3.8) is 0 Å². The Morgan fingerprint density at radius 2 is 2.14 bits per heavy atom. The zero-order chi connectivity index (χ0) is 15.9. The van der Waals surface area contributed by atoms with E-state index in [9.17, 15) is 14.9 Å². The fourth-order valence-electron chi connectivity index (χ4n) is 3.02. The standard InChI is InChI=1S/C15H18ClN3O3/c1-17(14-6-7-18(15(14)20)11-2-3-11)9-10-8-12(19(21)22)4-5-13(10)16/h4-5,8,11,14H,2-3,6-7,9H2,1H3. The fraction of sp³-hybridized carbons (Fsp3) is 0.533. The maximum atomic E-state index is 12.4. The summed E-state index contributed by atoms with van der Waals surface area (Å²) >= 11 is 6.13. The van der Waals surface area contributed by atoms with Crippen LogP contribution in [-0.4, -0.2) is 46.3 Å². The van der Waals surface area contributed by atoms with Gasteiger partial charge in [0.15, 0.2) is 0 Å². The number of nitrogens with zero attached hydrogens (tertiary/aromatic N) is 3. The molecule has 1 amide bonds. The van der Waals surface area contributed by atoms with Crippen LogP contribution in [0, 0.1) is 10.1 Å². The van der Waals surface area contributed by atoms with Crippen LogP contribution >= 0.6 is 11.6 Å². The van der Waals surface area contributed by atoms with Gasteiger partial charge < -0.3 is 4.90 Å². The summed E-state index contributed by atoms with van der Waals surface area (Å²) in [6, 6.07) is 4.69. The normalized spacial score (nSPS) is 21.7. The van der Waals surface area contributed by atoms with Crippen molar-refractivity contribution < 1.29 is 9.72 Å². The quantitative estimate of drug-likeness (QED) is 0.616. The Balaban J connectivity index is 1.71. The number of nitro groups is 1. The van der Waals surface area contributed by atoms with E-state index in [2.05, 4.69) is 0 Å². The van der Waals surface area contributed by atoms with Crippen molar-refractivity contribution in [3.8, 4) is 0 Å². The van der Waals surface area contributed by atoms with Gasteiger partial charge in [-0.2, -0.15) is 0 Å². The molecule has 2 aliphatic rings. The van der Waals surface area contributed by atoms with E-state index < -0.39 is 4.92 Å². The van der Waals surface area contributed by atoms with Gasteiger partial charge in [0.25, 0.3) is 5.69 Å². The summed E-state index contributed by atoms with van der Waals surface area (Å²) in [5.41, 5.74) is 0.696. The molecule has 0 N–H and O–H groups in total. The first-order valence-electron chi connectivity index (χ1n) is 7.41. The van der Waals surface area contributed by atoms with Gasteiger partial charge in [0, 0.05) is 36.3 Å². The van der Waals surface area contributed by atoms with Crippen LogP contribution in [0.15, 0.2) is 18.2 Å². The molecular weight excluding hydrogens is 306 g/mol. The first-order valence-corrected chi connectivity index (χ1v) is 7.78. The first kappa shape index (κ1) is 15.2. The van der Waals surface area contributed by atoms with Gasteiger partial charge in [-0.3, -0.25) is 19.8 Å². The lowest BCUT2D eigenvalue weighted by atomic mass is 10.1. The maximum Gasteiger partial charge on any atom is 0.269 e. The number of amides is 1. The number of hydrogen-bond donors (Lipinski definition) is 0. The van der Waals surface area contributed by atoms with Gasteiger partial charge in [0.05, 0.1) is 11.0 Å².